The van der Waals surface area contributed by atoms with Gasteiger partial charge in [-0.15, -0.1) is 0 Å². The van der Waals surface area contributed by atoms with E-state index in [1.165, 1.54) is 16.5 Å². The number of rotatable bonds is 2. The van der Waals surface area contributed by atoms with Crippen molar-refractivity contribution in [1.82, 2.24) is 4.98 Å². The summed E-state index contributed by atoms with van der Waals surface area (Å²) in [6, 6.07) is 8.22. The van der Waals surface area contributed by atoms with Crippen molar-refractivity contribution in [3.63, 3.8) is 0 Å². The lowest BCUT2D eigenvalue weighted by Crippen LogP contribution is -1.94. The summed E-state index contributed by atoms with van der Waals surface area (Å²) < 4.78 is 5.28. The standard InChI is InChI=1S/C17H17NO/c1-12-10-16(13-6-4-3-5-7-13)18-17-11-14(19-2)8-9-15(12)17/h4,6-11H,3,5H2,1-2H3. The van der Waals surface area contributed by atoms with Gasteiger partial charge in [0.2, 0.25) is 0 Å². The molecule has 0 unspecified atom stereocenters. The van der Waals surface area contributed by atoms with Gasteiger partial charge >= 0.3 is 0 Å². The molecule has 0 bridgehead atoms. The van der Waals surface area contributed by atoms with Crippen LogP contribution < -0.4 is 4.74 Å². The second-order valence-electron chi connectivity index (χ2n) is 4.85. The van der Waals surface area contributed by atoms with Crippen molar-refractivity contribution >= 4 is 16.5 Å². The Labute approximate surface area is 113 Å². The van der Waals surface area contributed by atoms with Gasteiger partial charge in [-0.05, 0) is 49.1 Å². The zero-order valence-corrected chi connectivity index (χ0v) is 11.3. The Morgan fingerprint density at radius 2 is 2.05 bits per heavy atom. The highest BCUT2D eigenvalue weighted by molar-refractivity contribution is 5.86. The number of benzene rings is 1. The summed E-state index contributed by atoms with van der Waals surface area (Å²) in [6.07, 6.45) is 8.86. The maximum Gasteiger partial charge on any atom is 0.121 e. The van der Waals surface area contributed by atoms with Gasteiger partial charge in [0, 0.05) is 11.5 Å². The van der Waals surface area contributed by atoms with Crippen LogP contribution in [0, 0.1) is 6.92 Å². The predicted octanol–water partition coefficient (Wildman–Crippen LogP) is 4.29. The van der Waals surface area contributed by atoms with Gasteiger partial charge in [-0.3, -0.25) is 0 Å². The van der Waals surface area contributed by atoms with Gasteiger partial charge in [0.05, 0.1) is 18.3 Å². The largest absolute Gasteiger partial charge is 0.497 e. The summed E-state index contributed by atoms with van der Waals surface area (Å²) in [6.45, 7) is 2.13. The first kappa shape index (κ1) is 12.0. The van der Waals surface area contributed by atoms with Crippen LogP contribution in [0.5, 0.6) is 5.75 Å². The average Bonchev–Trinajstić information content (AvgIpc) is 2.47. The number of hydrogen-bond donors (Lipinski definition) is 0. The summed E-state index contributed by atoms with van der Waals surface area (Å²) in [5, 5.41) is 1.19. The Balaban J connectivity index is 2.16. The van der Waals surface area contributed by atoms with E-state index in [1.54, 1.807) is 7.11 Å². The minimum Gasteiger partial charge on any atom is -0.497 e. The lowest BCUT2D eigenvalue weighted by molar-refractivity contribution is 0.415. The van der Waals surface area contributed by atoms with E-state index >= 15 is 0 Å². The molecule has 3 rings (SSSR count). The summed E-state index contributed by atoms with van der Waals surface area (Å²) in [7, 11) is 1.68. The molecule has 0 fully saturated rings. The highest BCUT2D eigenvalue weighted by Crippen LogP contribution is 2.27. The Morgan fingerprint density at radius 1 is 1.16 bits per heavy atom. The van der Waals surface area contributed by atoms with E-state index in [0.717, 1.165) is 29.8 Å². The molecule has 0 spiro atoms. The number of fused-ring (bicyclic) bond motifs is 1. The van der Waals surface area contributed by atoms with Gasteiger partial charge < -0.3 is 4.74 Å². The van der Waals surface area contributed by atoms with Crippen molar-refractivity contribution in [2.45, 2.75) is 19.8 Å². The van der Waals surface area contributed by atoms with Crippen LogP contribution in [-0.4, -0.2) is 12.1 Å². The van der Waals surface area contributed by atoms with E-state index in [-0.39, 0.29) is 0 Å². The van der Waals surface area contributed by atoms with Gasteiger partial charge in [-0.2, -0.15) is 0 Å². The molecule has 0 radical (unpaired) electrons. The fourth-order valence-corrected chi connectivity index (χ4v) is 2.46. The lowest BCUT2D eigenvalue weighted by Gasteiger charge is -2.10. The number of pyridine rings is 1. The van der Waals surface area contributed by atoms with Crippen LogP contribution >= 0.6 is 0 Å². The molecule has 1 aliphatic rings. The van der Waals surface area contributed by atoms with Crippen LogP contribution in [0.2, 0.25) is 0 Å². The highest BCUT2D eigenvalue weighted by Gasteiger charge is 2.07. The molecule has 0 aliphatic heterocycles. The van der Waals surface area contributed by atoms with E-state index in [4.69, 9.17) is 9.72 Å². The van der Waals surface area contributed by atoms with Crippen molar-refractivity contribution in [3.05, 3.63) is 53.8 Å². The first-order chi connectivity index (χ1) is 9.28. The fourth-order valence-electron chi connectivity index (χ4n) is 2.46. The number of aromatic nitrogens is 1. The van der Waals surface area contributed by atoms with Crippen molar-refractivity contribution in [2.75, 3.05) is 7.11 Å². The highest BCUT2D eigenvalue weighted by atomic mass is 16.5. The summed E-state index contributed by atoms with van der Waals surface area (Å²) in [5.74, 6) is 0.852. The van der Waals surface area contributed by atoms with Gasteiger partial charge in [0.15, 0.2) is 0 Å². The van der Waals surface area contributed by atoms with Gasteiger partial charge in [-0.1, -0.05) is 18.2 Å². The number of hydrogen-bond acceptors (Lipinski definition) is 2. The van der Waals surface area contributed by atoms with Crippen LogP contribution in [-0.2, 0) is 0 Å². The summed E-state index contributed by atoms with van der Waals surface area (Å²) in [4.78, 5) is 4.77. The molecule has 1 aromatic carbocycles. The number of nitrogens with zero attached hydrogens (tertiary/aromatic N) is 1. The van der Waals surface area contributed by atoms with E-state index < -0.39 is 0 Å². The maximum absolute atomic E-state index is 5.28. The van der Waals surface area contributed by atoms with Gasteiger partial charge in [-0.25, -0.2) is 4.98 Å². The maximum atomic E-state index is 5.28. The van der Waals surface area contributed by atoms with Crippen molar-refractivity contribution < 1.29 is 4.74 Å². The Morgan fingerprint density at radius 3 is 2.79 bits per heavy atom. The Hall–Kier alpha value is -2.09. The molecule has 0 N–H and O–H groups in total. The van der Waals surface area contributed by atoms with Gasteiger partial charge in [0.25, 0.3) is 0 Å². The molecule has 0 amide bonds. The number of allylic oxidation sites excluding steroid dienone is 4. The topological polar surface area (TPSA) is 22.1 Å². The van der Waals surface area contributed by atoms with E-state index in [0.29, 0.717) is 0 Å². The molecule has 0 saturated heterocycles. The van der Waals surface area contributed by atoms with Gasteiger partial charge in [0.1, 0.15) is 5.75 Å². The Bertz CT molecular complexity index is 683. The lowest BCUT2D eigenvalue weighted by atomic mass is 10.0. The fraction of sp³-hybridized carbons (Fsp3) is 0.235. The third-order valence-corrected chi connectivity index (χ3v) is 3.51. The van der Waals surface area contributed by atoms with E-state index in [2.05, 4.69) is 37.3 Å². The van der Waals surface area contributed by atoms with E-state index in [9.17, 15) is 0 Å². The van der Waals surface area contributed by atoms with Crippen LogP contribution in [0.4, 0.5) is 0 Å². The molecule has 96 valence electrons. The summed E-state index contributed by atoms with van der Waals surface area (Å²) >= 11 is 0. The predicted molar refractivity (Wildman–Crippen MR) is 79.4 cm³/mol. The van der Waals surface area contributed by atoms with Crippen LogP contribution in [0.3, 0.4) is 0 Å². The second-order valence-corrected chi connectivity index (χ2v) is 4.85. The Kier molecular flexibility index (Phi) is 3.08. The monoisotopic (exact) mass is 251 g/mol. The third-order valence-electron chi connectivity index (χ3n) is 3.51. The summed E-state index contributed by atoms with van der Waals surface area (Å²) in [5.41, 5.74) is 4.52. The quantitative estimate of drug-likeness (QED) is 0.794. The molecule has 2 heteroatoms. The molecule has 1 aliphatic carbocycles. The first-order valence-corrected chi connectivity index (χ1v) is 6.60. The molecule has 1 aromatic heterocycles. The van der Waals surface area contributed by atoms with Crippen LogP contribution in [0.1, 0.15) is 24.1 Å². The second kappa shape index (κ2) is 4.88. The molecule has 2 aromatic rings. The molecule has 0 saturated carbocycles. The molecule has 19 heavy (non-hydrogen) atoms. The molecular weight excluding hydrogens is 234 g/mol. The van der Waals surface area contributed by atoms with Crippen molar-refractivity contribution in [2.24, 2.45) is 0 Å². The van der Waals surface area contributed by atoms with Crippen LogP contribution in [0.15, 0.2) is 42.5 Å². The zero-order chi connectivity index (χ0) is 13.2. The molecule has 0 atom stereocenters. The van der Waals surface area contributed by atoms with Crippen molar-refractivity contribution in [3.8, 4) is 5.75 Å². The zero-order valence-electron chi connectivity index (χ0n) is 11.3. The number of methoxy groups -OCH3 is 1. The normalized spacial score (nSPS) is 14.5. The average molecular weight is 251 g/mol. The molecule has 1 heterocycles. The van der Waals surface area contributed by atoms with Crippen LogP contribution in [0.25, 0.3) is 16.5 Å². The minimum absolute atomic E-state index is 0.852. The third kappa shape index (κ3) is 2.26. The number of ether oxygens (including phenoxy) is 1. The first-order valence-electron chi connectivity index (χ1n) is 6.60. The SMILES string of the molecule is COc1ccc2c(C)cc(C3=CCCC=C3)nc2c1. The van der Waals surface area contributed by atoms with Crippen molar-refractivity contribution in [1.29, 1.82) is 0 Å². The smallest absolute Gasteiger partial charge is 0.121 e. The number of aryl methyl sites for hydroxylation is 1. The minimum atomic E-state index is 0.852. The molecular formula is C17H17NO. The van der Waals surface area contributed by atoms with E-state index in [1.807, 2.05) is 12.1 Å². The molecule has 2 nitrogen and oxygen atoms in total.